The molecule has 130 valence electrons. The van der Waals surface area contributed by atoms with E-state index < -0.39 is 23.5 Å². The van der Waals surface area contributed by atoms with Gasteiger partial charge < -0.3 is 9.47 Å². The first-order valence-corrected chi connectivity index (χ1v) is 8.22. The van der Waals surface area contributed by atoms with Crippen LogP contribution in [-0.2, 0) is 14.3 Å². The number of hydrogen-bond donors (Lipinski definition) is 1. The third kappa shape index (κ3) is 3.71. The molecule has 1 saturated heterocycles. The van der Waals surface area contributed by atoms with Crippen LogP contribution in [0.3, 0.4) is 0 Å². The minimum absolute atomic E-state index is 0.0359. The first-order valence-electron chi connectivity index (χ1n) is 7.68. The van der Waals surface area contributed by atoms with Crippen molar-refractivity contribution in [2.45, 2.75) is 18.4 Å². The molecule has 1 fully saturated rings. The number of imide groups is 1. The summed E-state index contributed by atoms with van der Waals surface area (Å²) in [7, 11) is 0. The molecular weight excluding hydrogens is 348 g/mol. The quantitative estimate of drug-likeness (QED) is 0.501. The summed E-state index contributed by atoms with van der Waals surface area (Å²) < 4.78 is 12.4. The van der Waals surface area contributed by atoms with Gasteiger partial charge in [0.2, 0.25) is 0 Å². The van der Waals surface area contributed by atoms with Crippen LogP contribution in [0.25, 0.3) is 0 Å². The van der Waals surface area contributed by atoms with Crippen molar-refractivity contribution in [2.75, 3.05) is 12.5 Å². The highest BCUT2D eigenvalue weighted by Crippen LogP contribution is 2.30. The first-order chi connectivity index (χ1) is 12.0. The van der Waals surface area contributed by atoms with E-state index in [0.29, 0.717) is 24.3 Å². The third-order valence-corrected chi connectivity index (χ3v) is 4.43. The van der Waals surface area contributed by atoms with Crippen molar-refractivity contribution in [3.8, 4) is 0 Å². The fourth-order valence-electron chi connectivity index (χ4n) is 2.56. The number of hydrogen-bond acceptors (Lipinski definition) is 5. The molecule has 2 aliphatic heterocycles. The summed E-state index contributed by atoms with van der Waals surface area (Å²) in [4.78, 5) is 35.1. The maximum absolute atomic E-state index is 12.1. The van der Waals surface area contributed by atoms with Gasteiger partial charge in [0.1, 0.15) is 12.8 Å². The largest absolute Gasteiger partial charge is 0.506 e. The molecule has 2 aliphatic rings. The van der Waals surface area contributed by atoms with E-state index in [4.69, 9.17) is 21.1 Å². The lowest BCUT2D eigenvalue weighted by atomic mass is 10.0. The van der Waals surface area contributed by atoms with Gasteiger partial charge in [-0.1, -0.05) is 18.2 Å². The average molecular weight is 364 g/mol. The second-order valence-electron chi connectivity index (χ2n) is 5.73. The van der Waals surface area contributed by atoms with Gasteiger partial charge >= 0.3 is 17.9 Å². The Morgan fingerprint density at radius 3 is 2.76 bits per heavy atom. The van der Waals surface area contributed by atoms with E-state index >= 15 is 0 Å². The number of urea groups is 1. The fraction of sp³-hybridized carbons (Fsp3) is 0.294. The van der Waals surface area contributed by atoms with E-state index in [1.807, 2.05) is 0 Å². The van der Waals surface area contributed by atoms with Gasteiger partial charge in [-0.3, -0.25) is 0 Å². The number of benzene rings is 1. The SMILES string of the molecule is O=C1C=C[N+](=C2CCC(CCl)(COC(=O)c3ccccc3)O2)C(=O)N1. The Hall–Kier alpha value is -2.67. The standard InChI is InChI=1S/C17H15ClN2O5/c18-10-17(11-24-15(22)12-4-2-1-3-5-12)8-6-14(25-17)20-9-7-13(21)19-16(20)23/h1-5,7,9H,6,8,10-11H2/p+1. The number of carbonyl (C=O) groups excluding carboxylic acids is 3. The Kier molecular flexibility index (Phi) is 4.85. The molecule has 7 nitrogen and oxygen atoms in total. The number of nitrogens with one attached hydrogen (secondary N) is 1. The number of esters is 1. The summed E-state index contributed by atoms with van der Waals surface area (Å²) in [6, 6.07) is 8.02. The molecule has 8 heteroatoms. The average Bonchev–Trinajstić information content (AvgIpc) is 3.05. The van der Waals surface area contributed by atoms with Crippen LogP contribution in [-0.4, -0.2) is 46.5 Å². The van der Waals surface area contributed by atoms with Gasteiger partial charge in [-0.05, 0) is 12.1 Å². The van der Waals surface area contributed by atoms with Crippen molar-refractivity contribution in [1.82, 2.24) is 5.32 Å². The molecule has 0 bridgehead atoms. The van der Waals surface area contributed by atoms with Crippen LogP contribution >= 0.6 is 11.6 Å². The normalized spacial score (nSPS) is 25.5. The summed E-state index contributed by atoms with van der Waals surface area (Å²) in [6.45, 7) is -0.0359. The summed E-state index contributed by atoms with van der Waals surface area (Å²) >= 11 is 6.04. The lowest BCUT2D eigenvalue weighted by molar-refractivity contribution is -0.366. The Morgan fingerprint density at radius 1 is 1.32 bits per heavy atom. The van der Waals surface area contributed by atoms with Crippen molar-refractivity contribution in [3.05, 3.63) is 48.2 Å². The molecule has 0 spiro atoms. The number of nitrogens with zero attached hydrogens (tertiary/aromatic N) is 1. The van der Waals surface area contributed by atoms with Crippen LogP contribution in [0, 0.1) is 0 Å². The molecule has 1 atom stereocenters. The fourth-order valence-corrected chi connectivity index (χ4v) is 2.82. The van der Waals surface area contributed by atoms with Crippen molar-refractivity contribution in [2.24, 2.45) is 0 Å². The Morgan fingerprint density at radius 2 is 2.08 bits per heavy atom. The molecule has 0 saturated carbocycles. The zero-order chi connectivity index (χ0) is 17.9. The number of amides is 3. The monoisotopic (exact) mass is 363 g/mol. The lowest BCUT2D eigenvalue weighted by Gasteiger charge is -2.25. The van der Waals surface area contributed by atoms with Crippen LogP contribution in [0.2, 0.25) is 0 Å². The molecule has 25 heavy (non-hydrogen) atoms. The van der Waals surface area contributed by atoms with Crippen LogP contribution in [0.4, 0.5) is 4.79 Å². The summed E-state index contributed by atoms with van der Waals surface area (Å²) in [5.41, 5.74) is -0.469. The van der Waals surface area contributed by atoms with E-state index in [-0.39, 0.29) is 12.5 Å². The highest BCUT2D eigenvalue weighted by molar-refractivity contribution is 6.18. The van der Waals surface area contributed by atoms with Crippen LogP contribution in [0.5, 0.6) is 0 Å². The van der Waals surface area contributed by atoms with E-state index in [0.717, 1.165) is 0 Å². The van der Waals surface area contributed by atoms with Crippen molar-refractivity contribution in [3.63, 3.8) is 0 Å². The second kappa shape index (κ2) is 7.06. The second-order valence-corrected chi connectivity index (χ2v) is 6.00. The van der Waals surface area contributed by atoms with Gasteiger partial charge in [0.25, 0.3) is 5.90 Å². The number of ether oxygens (including phenoxy) is 2. The van der Waals surface area contributed by atoms with Crippen molar-refractivity contribution < 1.29 is 28.4 Å². The molecule has 1 N–H and O–H groups in total. The van der Waals surface area contributed by atoms with Gasteiger partial charge in [0.15, 0.2) is 5.60 Å². The summed E-state index contributed by atoms with van der Waals surface area (Å²) in [6.07, 6.45) is 3.49. The van der Waals surface area contributed by atoms with Crippen molar-refractivity contribution >= 4 is 35.4 Å². The molecule has 1 aromatic rings. The highest BCUT2D eigenvalue weighted by atomic mass is 35.5. The molecular formula is C17H16ClN2O5+. The van der Waals surface area contributed by atoms with Crippen molar-refractivity contribution in [1.29, 1.82) is 0 Å². The molecule has 3 amide bonds. The van der Waals surface area contributed by atoms with Gasteiger partial charge in [0.05, 0.1) is 17.5 Å². The molecule has 1 unspecified atom stereocenters. The number of carbonyl (C=O) groups is 3. The smallest absolute Gasteiger partial charge is 0.458 e. The van der Waals surface area contributed by atoms with Crippen LogP contribution < -0.4 is 5.32 Å². The highest BCUT2D eigenvalue weighted by Gasteiger charge is 2.44. The molecule has 0 radical (unpaired) electrons. The van der Waals surface area contributed by atoms with Crippen LogP contribution in [0.1, 0.15) is 23.2 Å². The van der Waals surface area contributed by atoms with Gasteiger partial charge in [-0.2, -0.15) is 10.1 Å². The zero-order valence-corrected chi connectivity index (χ0v) is 14.0. The lowest BCUT2D eigenvalue weighted by Crippen LogP contribution is -2.42. The maximum Gasteiger partial charge on any atom is 0.506 e. The van der Waals surface area contributed by atoms with E-state index in [2.05, 4.69) is 5.32 Å². The predicted octanol–water partition coefficient (Wildman–Crippen LogP) is 1.81. The molecule has 3 rings (SSSR count). The molecule has 0 aliphatic carbocycles. The first kappa shape index (κ1) is 17.2. The molecule has 1 aromatic carbocycles. The topological polar surface area (TPSA) is 84.7 Å². The van der Waals surface area contributed by atoms with Crippen LogP contribution in [0.15, 0.2) is 42.6 Å². The molecule has 2 heterocycles. The minimum atomic E-state index is -0.906. The maximum atomic E-state index is 12.1. The summed E-state index contributed by atoms with van der Waals surface area (Å²) in [5, 5.41) is 2.17. The minimum Gasteiger partial charge on any atom is -0.458 e. The number of rotatable bonds is 4. The Bertz CT molecular complexity index is 775. The Balaban J connectivity index is 1.71. The van der Waals surface area contributed by atoms with E-state index in [1.165, 1.54) is 16.9 Å². The van der Waals surface area contributed by atoms with Gasteiger partial charge in [0, 0.05) is 12.8 Å². The number of alkyl halides is 1. The molecule has 0 aromatic heterocycles. The van der Waals surface area contributed by atoms with Gasteiger partial charge in [-0.25, -0.2) is 9.59 Å². The summed E-state index contributed by atoms with van der Waals surface area (Å²) in [5.74, 6) is -0.502. The third-order valence-electron chi connectivity index (χ3n) is 3.94. The zero-order valence-electron chi connectivity index (χ0n) is 13.2. The van der Waals surface area contributed by atoms with E-state index in [9.17, 15) is 14.4 Å². The predicted molar refractivity (Wildman–Crippen MR) is 88.4 cm³/mol. The van der Waals surface area contributed by atoms with Gasteiger partial charge in [-0.15, -0.1) is 16.2 Å². The Labute approximate surface area is 148 Å². The van der Waals surface area contributed by atoms with E-state index in [1.54, 1.807) is 30.3 Å². The number of halogens is 1.